The van der Waals surface area contributed by atoms with Gasteiger partial charge in [-0.15, -0.1) is 0 Å². The van der Waals surface area contributed by atoms with Gasteiger partial charge in [-0.1, -0.05) is 6.07 Å². The number of imidazole rings is 1. The summed E-state index contributed by atoms with van der Waals surface area (Å²) in [5.74, 6) is 0.637. The summed E-state index contributed by atoms with van der Waals surface area (Å²) in [6, 6.07) is 4.51. The maximum Gasteiger partial charge on any atom is 0.123 e. The number of nitrogens with two attached hydrogens (primary N) is 1. The summed E-state index contributed by atoms with van der Waals surface area (Å²) in [7, 11) is 1.91. The van der Waals surface area contributed by atoms with Gasteiger partial charge in [0.05, 0.1) is 17.9 Å². The molecular formula is C13H16FN3. The summed E-state index contributed by atoms with van der Waals surface area (Å²) >= 11 is 0. The van der Waals surface area contributed by atoms with Crippen molar-refractivity contribution in [3.63, 3.8) is 0 Å². The first-order valence-corrected chi connectivity index (χ1v) is 5.50. The van der Waals surface area contributed by atoms with Crippen LogP contribution < -0.4 is 5.73 Å². The molecule has 1 unspecified atom stereocenters. The highest BCUT2D eigenvalue weighted by molar-refractivity contribution is 5.31. The van der Waals surface area contributed by atoms with Crippen LogP contribution in [0, 0.1) is 19.7 Å². The highest BCUT2D eigenvalue weighted by Gasteiger charge is 2.15. The van der Waals surface area contributed by atoms with Crippen LogP contribution in [0.25, 0.3) is 0 Å². The van der Waals surface area contributed by atoms with E-state index in [0.717, 1.165) is 22.6 Å². The highest BCUT2D eigenvalue weighted by atomic mass is 19.1. The minimum Gasteiger partial charge on any atom is -0.334 e. The van der Waals surface area contributed by atoms with Gasteiger partial charge in [0.2, 0.25) is 0 Å². The van der Waals surface area contributed by atoms with Crippen LogP contribution in [0.1, 0.15) is 28.7 Å². The molecule has 2 aromatic rings. The maximum absolute atomic E-state index is 13.3. The average Bonchev–Trinajstić information content (AvgIpc) is 2.57. The number of hydrogen-bond donors (Lipinski definition) is 1. The number of aryl methyl sites for hydroxylation is 2. The number of halogens is 1. The highest BCUT2D eigenvalue weighted by Crippen LogP contribution is 2.21. The molecule has 4 heteroatoms. The summed E-state index contributed by atoms with van der Waals surface area (Å²) in [6.45, 7) is 3.76. The molecule has 0 spiro atoms. The van der Waals surface area contributed by atoms with Crippen LogP contribution in [0.4, 0.5) is 4.39 Å². The van der Waals surface area contributed by atoms with E-state index >= 15 is 0 Å². The molecule has 0 saturated heterocycles. The van der Waals surface area contributed by atoms with Crippen molar-refractivity contribution in [2.75, 3.05) is 0 Å². The fourth-order valence-electron chi connectivity index (χ4n) is 1.92. The smallest absolute Gasteiger partial charge is 0.123 e. The molecule has 0 aliphatic carbocycles. The Hall–Kier alpha value is -1.68. The molecule has 0 fully saturated rings. The quantitative estimate of drug-likeness (QED) is 0.864. The lowest BCUT2D eigenvalue weighted by molar-refractivity contribution is 0.620. The van der Waals surface area contributed by atoms with Gasteiger partial charge in [-0.3, -0.25) is 0 Å². The Bertz CT molecular complexity index is 525. The molecule has 0 saturated carbocycles. The van der Waals surface area contributed by atoms with E-state index in [1.165, 1.54) is 12.1 Å². The van der Waals surface area contributed by atoms with E-state index in [2.05, 4.69) is 4.98 Å². The lowest BCUT2D eigenvalue weighted by atomic mass is 10.0. The fourth-order valence-corrected chi connectivity index (χ4v) is 1.92. The van der Waals surface area contributed by atoms with Crippen molar-refractivity contribution in [3.05, 3.63) is 52.9 Å². The van der Waals surface area contributed by atoms with E-state index in [4.69, 9.17) is 5.73 Å². The van der Waals surface area contributed by atoms with Crippen molar-refractivity contribution in [2.45, 2.75) is 19.9 Å². The van der Waals surface area contributed by atoms with Crippen LogP contribution in [0.2, 0.25) is 0 Å². The second-order valence-electron chi connectivity index (χ2n) is 4.33. The largest absolute Gasteiger partial charge is 0.334 e. The average molecular weight is 233 g/mol. The van der Waals surface area contributed by atoms with E-state index < -0.39 is 0 Å². The third-order valence-corrected chi connectivity index (χ3v) is 3.00. The zero-order chi connectivity index (χ0) is 12.6. The number of benzene rings is 1. The first-order valence-electron chi connectivity index (χ1n) is 5.50. The van der Waals surface area contributed by atoms with Gasteiger partial charge < -0.3 is 10.3 Å². The minimum atomic E-state index is -0.351. The molecule has 1 aromatic carbocycles. The minimum absolute atomic E-state index is 0.255. The standard InChI is InChI=1S/C13H16FN3/c1-8-4-10(6-11(14)5-8)13(15)12-7-16-9(2)17(12)3/h4-7,13H,15H2,1-3H3. The van der Waals surface area contributed by atoms with Gasteiger partial charge in [-0.2, -0.15) is 0 Å². The zero-order valence-corrected chi connectivity index (χ0v) is 10.2. The van der Waals surface area contributed by atoms with E-state index in [1.54, 1.807) is 6.20 Å². The van der Waals surface area contributed by atoms with Crippen molar-refractivity contribution in [1.29, 1.82) is 0 Å². The maximum atomic E-state index is 13.3. The Morgan fingerprint density at radius 3 is 2.53 bits per heavy atom. The topological polar surface area (TPSA) is 43.8 Å². The van der Waals surface area contributed by atoms with Crippen molar-refractivity contribution in [1.82, 2.24) is 9.55 Å². The second kappa shape index (κ2) is 4.30. The Balaban J connectivity index is 2.43. The summed E-state index contributed by atoms with van der Waals surface area (Å²) in [5.41, 5.74) is 8.66. The molecule has 1 aromatic heterocycles. The first kappa shape index (κ1) is 11.8. The van der Waals surface area contributed by atoms with Gasteiger partial charge in [0.25, 0.3) is 0 Å². The van der Waals surface area contributed by atoms with Crippen molar-refractivity contribution in [2.24, 2.45) is 12.8 Å². The second-order valence-corrected chi connectivity index (χ2v) is 4.33. The van der Waals surface area contributed by atoms with Crippen molar-refractivity contribution < 1.29 is 4.39 Å². The molecule has 0 radical (unpaired) electrons. The van der Waals surface area contributed by atoms with Crippen molar-refractivity contribution >= 4 is 0 Å². The molecule has 1 heterocycles. The summed E-state index contributed by atoms with van der Waals surface area (Å²) < 4.78 is 15.3. The van der Waals surface area contributed by atoms with E-state index in [-0.39, 0.29) is 11.9 Å². The Morgan fingerprint density at radius 2 is 2.00 bits per heavy atom. The molecule has 2 rings (SSSR count). The zero-order valence-electron chi connectivity index (χ0n) is 10.2. The summed E-state index contributed by atoms with van der Waals surface area (Å²) in [4.78, 5) is 4.20. The SMILES string of the molecule is Cc1cc(F)cc(C(N)c2cnc(C)n2C)c1. The molecule has 0 bridgehead atoms. The number of aromatic nitrogens is 2. The van der Waals surface area contributed by atoms with E-state index in [9.17, 15) is 4.39 Å². The summed E-state index contributed by atoms with van der Waals surface area (Å²) in [5, 5.41) is 0. The molecule has 1 atom stereocenters. The molecule has 0 amide bonds. The molecule has 3 nitrogen and oxygen atoms in total. The monoisotopic (exact) mass is 233 g/mol. The number of rotatable bonds is 2. The molecule has 90 valence electrons. The predicted molar refractivity (Wildman–Crippen MR) is 65.1 cm³/mol. The van der Waals surface area contributed by atoms with E-state index in [0.29, 0.717) is 0 Å². The molecule has 17 heavy (non-hydrogen) atoms. The lowest BCUT2D eigenvalue weighted by Crippen LogP contribution is -2.16. The third kappa shape index (κ3) is 2.22. The van der Waals surface area contributed by atoms with E-state index in [1.807, 2.05) is 31.5 Å². The molecule has 0 aliphatic heterocycles. The number of hydrogen-bond acceptors (Lipinski definition) is 2. The number of nitrogens with zero attached hydrogens (tertiary/aromatic N) is 2. The van der Waals surface area contributed by atoms with Crippen LogP contribution in [0.15, 0.2) is 24.4 Å². The third-order valence-electron chi connectivity index (χ3n) is 3.00. The predicted octanol–water partition coefficient (Wildman–Crippen LogP) is 2.22. The molecular weight excluding hydrogens is 217 g/mol. The van der Waals surface area contributed by atoms with Crippen LogP contribution >= 0.6 is 0 Å². The Kier molecular flexibility index (Phi) is 2.98. The normalized spacial score (nSPS) is 12.8. The summed E-state index contributed by atoms with van der Waals surface area (Å²) in [6.07, 6.45) is 1.74. The van der Waals surface area contributed by atoms with Gasteiger partial charge in [0.1, 0.15) is 11.6 Å². The lowest BCUT2D eigenvalue weighted by Gasteiger charge is -2.14. The van der Waals surface area contributed by atoms with Crippen molar-refractivity contribution in [3.8, 4) is 0 Å². The Morgan fingerprint density at radius 1 is 1.29 bits per heavy atom. The Labute approximate surface area is 100 Å². The molecule has 2 N–H and O–H groups in total. The molecule has 0 aliphatic rings. The van der Waals surface area contributed by atoms with Gasteiger partial charge in [-0.05, 0) is 37.1 Å². The van der Waals surface area contributed by atoms with Gasteiger partial charge in [-0.25, -0.2) is 9.37 Å². The van der Waals surface area contributed by atoms with Gasteiger partial charge in [0, 0.05) is 7.05 Å². The van der Waals surface area contributed by atoms with Gasteiger partial charge >= 0.3 is 0 Å². The van der Waals surface area contributed by atoms with Crippen LogP contribution in [0.5, 0.6) is 0 Å². The van der Waals surface area contributed by atoms with Crippen LogP contribution in [-0.2, 0) is 7.05 Å². The first-order chi connectivity index (χ1) is 7.99. The van der Waals surface area contributed by atoms with Crippen LogP contribution in [0.3, 0.4) is 0 Å². The van der Waals surface area contributed by atoms with Gasteiger partial charge in [0.15, 0.2) is 0 Å². The van der Waals surface area contributed by atoms with Crippen LogP contribution in [-0.4, -0.2) is 9.55 Å². The fraction of sp³-hybridized carbons (Fsp3) is 0.308.